The Morgan fingerprint density at radius 3 is 2.04 bits per heavy atom. The van der Waals surface area contributed by atoms with Crippen molar-refractivity contribution >= 4 is 17.7 Å². The molecule has 0 amide bonds. The summed E-state index contributed by atoms with van der Waals surface area (Å²) in [5.74, 6) is 0.486. The van der Waals surface area contributed by atoms with Gasteiger partial charge in [0.05, 0.1) is 19.8 Å². The first-order valence-electron chi connectivity index (χ1n) is 7.41. The van der Waals surface area contributed by atoms with Crippen molar-refractivity contribution in [3.8, 4) is 11.5 Å². The molecule has 0 aliphatic heterocycles. The van der Waals surface area contributed by atoms with Crippen LogP contribution in [0.2, 0.25) is 0 Å². The molecular weight excluding hydrogens is 306 g/mol. The zero-order valence-corrected chi connectivity index (χ0v) is 13.0. The molecule has 2 aromatic rings. The van der Waals surface area contributed by atoms with Crippen LogP contribution in [0.3, 0.4) is 0 Å². The number of hydrogen-bond acceptors (Lipinski definition) is 3. The number of ether oxygens (including phenoxy) is 2. The van der Waals surface area contributed by atoms with Crippen molar-refractivity contribution in [2.75, 3.05) is 13.2 Å². The van der Waals surface area contributed by atoms with Gasteiger partial charge in [0, 0.05) is 12.5 Å². The molecule has 0 bridgehead atoms. The highest BCUT2D eigenvalue weighted by Crippen LogP contribution is 2.18. The average Bonchev–Trinajstić information content (AvgIpc) is 2.61. The number of rotatable bonds is 8. The summed E-state index contributed by atoms with van der Waals surface area (Å²) in [7, 11) is 0. The van der Waals surface area contributed by atoms with Crippen LogP contribution in [0.1, 0.15) is 12.0 Å². The van der Waals surface area contributed by atoms with Gasteiger partial charge in [0.2, 0.25) is 0 Å². The normalized spacial score (nSPS) is 10.3. The quantitative estimate of drug-likeness (QED) is 0.450. The fourth-order valence-corrected chi connectivity index (χ4v) is 1.90. The monoisotopic (exact) mass is 323 g/mol. The highest BCUT2D eigenvalue weighted by molar-refractivity contribution is 5.85. The third-order valence-corrected chi connectivity index (χ3v) is 3.09. The molecular formula is C19H17NO4. The minimum atomic E-state index is -0.973. The second-order valence-electron chi connectivity index (χ2n) is 4.90. The first-order valence-corrected chi connectivity index (χ1v) is 7.41. The molecule has 0 heterocycles. The molecule has 0 atom stereocenters. The van der Waals surface area contributed by atoms with E-state index in [2.05, 4.69) is 4.85 Å². The van der Waals surface area contributed by atoms with Gasteiger partial charge in [-0.15, -0.1) is 0 Å². The number of carboxylic acids is 1. The molecule has 122 valence electrons. The van der Waals surface area contributed by atoms with Gasteiger partial charge in [-0.2, -0.15) is 0 Å². The van der Waals surface area contributed by atoms with E-state index in [-0.39, 0.29) is 0 Å². The van der Waals surface area contributed by atoms with Gasteiger partial charge in [0.25, 0.3) is 0 Å². The number of aliphatic carboxylic acids is 1. The van der Waals surface area contributed by atoms with Crippen LogP contribution in [0, 0.1) is 6.57 Å². The van der Waals surface area contributed by atoms with Crippen LogP contribution in [0.5, 0.6) is 11.5 Å². The molecule has 0 saturated heterocycles. The van der Waals surface area contributed by atoms with Crippen LogP contribution in [0.15, 0.2) is 54.6 Å². The molecule has 5 nitrogen and oxygen atoms in total. The van der Waals surface area contributed by atoms with Gasteiger partial charge in [-0.25, -0.2) is 9.64 Å². The summed E-state index contributed by atoms with van der Waals surface area (Å²) in [6.07, 6.45) is 3.35. The Bertz CT molecular complexity index is 727. The predicted octanol–water partition coefficient (Wildman–Crippen LogP) is 4.18. The molecule has 2 aromatic carbocycles. The van der Waals surface area contributed by atoms with Crippen LogP contribution in [-0.2, 0) is 4.79 Å². The van der Waals surface area contributed by atoms with Crippen molar-refractivity contribution in [2.24, 2.45) is 0 Å². The zero-order chi connectivity index (χ0) is 17.2. The third kappa shape index (κ3) is 5.85. The maximum Gasteiger partial charge on any atom is 0.328 e. The van der Waals surface area contributed by atoms with Crippen molar-refractivity contribution in [3.63, 3.8) is 0 Å². The average molecular weight is 323 g/mol. The van der Waals surface area contributed by atoms with E-state index in [9.17, 15) is 4.79 Å². The second kappa shape index (κ2) is 9.01. The number of nitrogens with zero attached hydrogens (tertiary/aromatic N) is 1. The van der Waals surface area contributed by atoms with Crippen molar-refractivity contribution in [3.05, 3.63) is 71.6 Å². The van der Waals surface area contributed by atoms with Crippen molar-refractivity contribution in [2.45, 2.75) is 6.42 Å². The van der Waals surface area contributed by atoms with E-state index >= 15 is 0 Å². The highest BCUT2D eigenvalue weighted by atomic mass is 16.5. The number of carbonyl (C=O) groups is 1. The lowest BCUT2D eigenvalue weighted by Crippen LogP contribution is -2.04. The molecule has 0 aliphatic rings. The highest BCUT2D eigenvalue weighted by Gasteiger charge is 1.97. The molecule has 0 aliphatic carbocycles. The molecule has 0 spiro atoms. The standard InChI is InChI=1S/C19H17NO4/c1-20-16-6-10-18(11-7-16)24-14-2-13-23-17-8-3-15(4-9-17)5-12-19(21)22/h3-12H,2,13-14H2,(H,21,22)/b12-5+. The van der Waals surface area contributed by atoms with E-state index in [0.717, 1.165) is 29.6 Å². The topological polar surface area (TPSA) is 60.1 Å². The summed E-state index contributed by atoms with van der Waals surface area (Å²) in [6, 6.07) is 14.2. The van der Waals surface area contributed by atoms with Gasteiger partial charge in [-0.1, -0.05) is 24.3 Å². The minimum Gasteiger partial charge on any atom is -0.494 e. The molecule has 0 fully saturated rings. The van der Waals surface area contributed by atoms with Gasteiger partial charge >= 0.3 is 5.97 Å². The molecule has 2 rings (SSSR count). The first kappa shape index (κ1) is 17.1. The van der Waals surface area contributed by atoms with Gasteiger partial charge in [0.15, 0.2) is 5.69 Å². The fourth-order valence-electron chi connectivity index (χ4n) is 1.90. The lowest BCUT2D eigenvalue weighted by molar-refractivity contribution is -0.131. The van der Waals surface area contributed by atoms with Crippen LogP contribution in [-0.4, -0.2) is 24.3 Å². The van der Waals surface area contributed by atoms with Crippen LogP contribution in [0.25, 0.3) is 10.9 Å². The van der Waals surface area contributed by atoms with Crippen LogP contribution < -0.4 is 9.47 Å². The largest absolute Gasteiger partial charge is 0.494 e. The Morgan fingerprint density at radius 1 is 1.00 bits per heavy atom. The lowest BCUT2D eigenvalue weighted by Gasteiger charge is -2.08. The summed E-state index contributed by atoms with van der Waals surface area (Å²) >= 11 is 0. The Balaban J connectivity index is 1.68. The third-order valence-electron chi connectivity index (χ3n) is 3.09. The fraction of sp³-hybridized carbons (Fsp3) is 0.158. The summed E-state index contributed by atoms with van der Waals surface area (Å²) < 4.78 is 11.2. The van der Waals surface area contributed by atoms with Crippen molar-refractivity contribution in [1.29, 1.82) is 0 Å². The molecule has 0 radical (unpaired) electrons. The molecule has 0 saturated carbocycles. The molecule has 0 unspecified atom stereocenters. The summed E-state index contributed by atoms with van der Waals surface area (Å²) in [5, 5.41) is 8.57. The first-order chi connectivity index (χ1) is 11.7. The van der Waals surface area contributed by atoms with Gasteiger partial charge in [-0.05, 0) is 35.9 Å². The maximum absolute atomic E-state index is 10.4. The smallest absolute Gasteiger partial charge is 0.328 e. The Morgan fingerprint density at radius 2 is 1.54 bits per heavy atom. The maximum atomic E-state index is 10.4. The summed E-state index contributed by atoms with van der Waals surface area (Å²) in [6.45, 7) is 7.92. The van der Waals surface area contributed by atoms with E-state index in [0.29, 0.717) is 18.9 Å². The van der Waals surface area contributed by atoms with E-state index in [4.69, 9.17) is 21.2 Å². The number of benzene rings is 2. The predicted molar refractivity (Wildman–Crippen MR) is 91.4 cm³/mol. The molecule has 0 aromatic heterocycles. The van der Waals surface area contributed by atoms with E-state index in [1.807, 2.05) is 0 Å². The Hall–Kier alpha value is -3.26. The van der Waals surface area contributed by atoms with E-state index in [1.165, 1.54) is 6.08 Å². The summed E-state index contributed by atoms with van der Waals surface area (Å²) in [4.78, 5) is 13.8. The molecule has 1 N–H and O–H groups in total. The second-order valence-corrected chi connectivity index (χ2v) is 4.90. The SMILES string of the molecule is [C-]#[N+]c1ccc(OCCCOc2ccc(/C=C/C(=O)O)cc2)cc1. The van der Waals surface area contributed by atoms with E-state index in [1.54, 1.807) is 48.5 Å². The number of carboxylic acid groups (broad SMARTS) is 1. The Kier molecular flexibility index (Phi) is 6.42. The summed E-state index contributed by atoms with van der Waals surface area (Å²) in [5.41, 5.74) is 1.39. The molecule has 5 heteroatoms. The van der Waals surface area contributed by atoms with Crippen LogP contribution in [0.4, 0.5) is 5.69 Å². The van der Waals surface area contributed by atoms with Gasteiger partial charge < -0.3 is 14.6 Å². The lowest BCUT2D eigenvalue weighted by atomic mass is 10.2. The zero-order valence-electron chi connectivity index (χ0n) is 13.0. The van der Waals surface area contributed by atoms with Crippen molar-refractivity contribution in [1.82, 2.24) is 0 Å². The van der Waals surface area contributed by atoms with Gasteiger partial charge in [-0.3, -0.25) is 0 Å². The van der Waals surface area contributed by atoms with Gasteiger partial charge in [0.1, 0.15) is 11.5 Å². The molecule has 24 heavy (non-hydrogen) atoms. The Labute approximate surface area is 140 Å². The number of hydrogen-bond donors (Lipinski definition) is 1. The van der Waals surface area contributed by atoms with Crippen LogP contribution >= 0.6 is 0 Å². The van der Waals surface area contributed by atoms with Crippen molar-refractivity contribution < 1.29 is 19.4 Å². The van der Waals surface area contributed by atoms with E-state index < -0.39 is 5.97 Å². The minimum absolute atomic E-state index is 0.518.